The highest BCUT2D eigenvalue weighted by Crippen LogP contribution is 2.62. The molecule has 0 aliphatic heterocycles. The molecule has 0 aliphatic rings. The number of carbonyl (C=O) groups is 3. The van der Waals surface area contributed by atoms with Crippen LogP contribution in [0.1, 0.15) is 67.2 Å². The Morgan fingerprint density at radius 3 is 2.00 bits per heavy atom. The van der Waals surface area contributed by atoms with E-state index in [1.807, 2.05) is 30.3 Å². The topological polar surface area (TPSA) is 136 Å². The summed E-state index contributed by atoms with van der Waals surface area (Å²) in [5.74, 6) is -4.98. The van der Waals surface area contributed by atoms with Gasteiger partial charge in [-0.15, -0.1) is 11.3 Å². The number of carbonyl (C=O) groups excluding carboxylic acids is 1. The van der Waals surface area contributed by atoms with Gasteiger partial charge in [0.15, 0.2) is 0 Å². The number of alkyl halides is 1. The second kappa shape index (κ2) is 13.2. The molecule has 0 radical (unpaired) electrons. The summed E-state index contributed by atoms with van der Waals surface area (Å²) in [5.41, 5.74) is -1.64. The number of carboxylic acids is 2. The number of esters is 1. The van der Waals surface area contributed by atoms with Crippen molar-refractivity contribution < 1.29 is 47.3 Å². The van der Waals surface area contributed by atoms with Crippen molar-refractivity contribution in [3.63, 3.8) is 0 Å². The lowest BCUT2D eigenvalue weighted by molar-refractivity contribution is -0.148. The van der Waals surface area contributed by atoms with Crippen LogP contribution in [0.2, 0.25) is 0 Å². The van der Waals surface area contributed by atoms with E-state index in [2.05, 4.69) is 0 Å². The van der Waals surface area contributed by atoms with Gasteiger partial charge in [-0.05, 0) is 75.2 Å². The molecule has 2 N–H and O–H groups in total. The van der Waals surface area contributed by atoms with Crippen LogP contribution in [0.15, 0.2) is 54.6 Å². The Hall–Kier alpha value is -3.11. The minimum Gasteiger partial charge on any atom is -0.481 e. The third-order valence-corrected chi connectivity index (χ3v) is 9.70. The maximum absolute atomic E-state index is 15.9. The molecule has 0 saturated heterocycles. The number of halogens is 1. The quantitative estimate of drug-likeness (QED) is 0.133. The van der Waals surface area contributed by atoms with Gasteiger partial charge in [0.25, 0.3) is 0 Å². The van der Waals surface area contributed by atoms with Gasteiger partial charge in [0.2, 0.25) is 5.91 Å². The van der Waals surface area contributed by atoms with Gasteiger partial charge in [-0.3, -0.25) is 14.2 Å². The van der Waals surface area contributed by atoms with Crippen LogP contribution in [-0.4, -0.2) is 41.3 Å². The number of benzene rings is 2. The predicted octanol–water partition coefficient (Wildman–Crippen LogP) is 7.45. The molecule has 1 heterocycles. The van der Waals surface area contributed by atoms with Crippen LogP contribution < -0.4 is 0 Å². The van der Waals surface area contributed by atoms with E-state index in [1.165, 1.54) is 51.2 Å². The Kier molecular flexibility index (Phi) is 10.5. The van der Waals surface area contributed by atoms with E-state index in [0.29, 0.717) is 15.0 Å². The number of ether oxygens (including phenoxy) is 1. The molecule has 3 aromatic rings. The Balaban J connectivity index is 1.79. The second-order valence-electron chi connectivity index (χ2n) is 10.9. The maximum atomic E-state index is 15.9. The number of carboxylic acid groups (broad SMARTS) is 2. The van der Waals surface area contributed by atoms with Crippen molar-refractivity contribution >= 4 is 46.9 Å². The molecule has 0 aliphatic carbocycles. The zero-order valence-corrected chi connectivity index (χ0v) is 25.0. The number of hydrogen-bond donors (Lipinski definition) is 2. The summed E-state index contributed by atoms with van der Waals surface area (Å²) in [6, 6.07) is 15.2. The number of hydrogen-bond acceptors (Lipinski definition) is 8. The molecule has 2 aromatic carbocycles. The molecule has 0 fully saturated rings. The summed E-state index contributed by atoms with van der Waals surface area (Å²) in [7, 11) is -4.54. The first-order valence-electron chi connectivity index (χ1n) is 12.9. The average Bonchev–Trinajstić information content (AvgIpc) is 3.35. The molecule has 12 heteroatoms. The maximum Gasteiger partial charge on any atom is 0.369 e. The summed E-state index contributed by atoms with van der Waals surface area (Å²) in [5, 5.41) is 19.2. The molecule has 41 heavy (non-hydrogen) atoms. The predicted molar refractivity (Wildman–Crippen MR) is 153 cm³/mol. The Morgan fingerprint density at radius 1 is 0.902 bits per heavy atom. The average molecular weight is 609 g/mol. The van der Waals surface area contributed by atoms with Crippen LogP contribution in [0, 0.1) is 10.8 Å². The van der Waals surface area contributed by atoms with E-state index in [-0.39, 0.29) is 38.2 Å². The third kappa shape index (κ3) is 8.45. The largest absolute Gasteiger partial charge is 0.481 e. The van der Waals surface area contributed by atoms with Crippen molar-refractivity contribution in [3.05, 3.63) is 70.6 Å². The minimum absolute atomic E-state index is 0.0298. The van der Waals surface area contributed by atoms with E-state index in [1.54, 1.807) is 12.1 Å². The zero-order valence-electron chi connectivity index (χ0n) is 23.3. The van der Waals surface area contributed by atoms with Gasteiger partial charge in [0, 0.05) is 4.70 Å². The van der Waals surface area contributed by atoms with Crippen LogP contribution in [0.5, 0.6) is 0 Å². The van der Waals surface area contributed by atoms with E-state index in [0.717, 1.165) is 5.56 Å². The third-order valence-electron chi connectivity index (χ3n) is 6.66. The lowest BCUT2D eigenvalue weighted by atomic mass is 9.90. The van der Waals surface area contributed by atoms with Gasteiger partial charge < -0.3 is 24.0 Å². The molecule has 222 valence electrons. The van der Waals surface area contributed by atoms with Gasteiger partial charge in [-0.2, -0.15) is 0 Å². The molecule has 9 nitrogen and oxygen atoms in total. The molecule has 0 bridgehead atoms. The zero-order chi connectivity index (χ0) is 30.4. The van der Waals surface area contributed by atoms with Crippen molar-refractivity contribution in [2.24, 2.45) is 10.8 Å². The van der Waals surface area contributed by atoms with E-state index in [4.69, 9.17) is 13.8 Å². The van der Waals surface area contributed by atoms with Crippen LogP contribution in [0.3, 0.4) is 0 Å². The fraction of sp³-hybridized carbons (Fsp3) is 0.414. The molecule has 0 amide bonds. The summed E-state index contributed by atoms with van der Waals surface area (Å²) >= 11 is 1.17. The SMILES string of the molecule is CC(C)(CCOP(=O)(OCCC(C)(C)C(=O)O)[C@@H](F)c1ccc2sc(C(=O)OCc3ccccc3)cc2c1)C(=O)O. The van der Waals surface area contributed by atoms with Gasteiger partial charge in [0.05, 0.1) is 24.0 Å². The highest BCUT2D eigenvalue weighted by Gasteiger charge is 2.40. The molecule has 1 aromatic heterocycles. The van der Waals surface area contributed by atoms with Crippen molar-refractivity contribution in [1.82, 2.24) is 0 Å². The van der Waals surface area contributed by atoms with Crippen molar-refractivity contribution in [3.8, 4) is 0 Å². The first kappa shape index (κ1) is 32.4. The molecule has 0 saturated carbocycles. The van der Waals surface area contributed by atoms with Gasteiger partial charge in [-0.25, -0.2) is 9.18 Å². The summed E-state index contributed by atoms with van der Waals surface area (Å²) in [4.78, 5) is 35.8. The van der Waals surface area contributed by atoms with Gasteiger partial charge in [-0.1, -0.05) is 36.4 Å². The first-order chi connectivity index (χ1) is 19.1. The molecule has 0 unspecified atom stereocenters. The molecule has 0 spiro atoms. The van der Waals surface area contributed by atoms with Crippen LogP contribution in [0.25, 0.3) is 10.1 Å². The van der Waals surface area contributed by atoms with E-state index in [9.17, 15) is 29.2 Å². The Morgan fingerprint density at radius 2 is 1.46 bits per heavy atom. The van der Waals surface area contributed by atoms with Crippen LogP contribution in [-0.2, 0) is 34.5 Å². The summed E-state index contributed by atoms with van der Waals surface area (Å²) < 4.78 is 46.5. The van der Waals surface area contributed by atoms with Crippen LogP contribution >= 0.6 is 18.9 Å². The first-order valence-corrected chi connectivity index (χ1v) is 15.3. The second-order valence-corrected chi connectivity index (χ2v) is 14.0. The van der Waals surface area contributed by atoms with Crippen molar-refractivity contribution in [2.45, 2.75) is 53.1 Å². The fourth-order valence-corrected chi connectivity index (χ4v) is 6.02. The number of rotatable bonds is 15. The molecular weight excluding hydrogens is 574 g/mol. The standard InChI is InChI=1S/C29H34FO9PS/c1-28(2,26(32)33)12-14-38-40(36,39-15-13-29(3,4)27(34)35)24(30)20-10-11-22-21(16-20)17-23(41-22)25(31)37-18-19-8-6-5-7-9-19/h5-11,16-17,24H,12-15,18H2,1-4H3,(H,32,33)(H,34,35)/t24-/m1/s1. The number of fused-ring (bicyclic) bond motifs is 1. The number of aliphatic carboxylic acids is 2. The fourth-order valence-electron chi connectivity index (χ4n) is 3.53. The highest BCUT2D eigenvalue weighted by atomic mass is 32.1. The highest BCUT2D eigenvalue weighted by molar-refractivity contribution is 7.54. The lowest BCUT2D eigenvalue weighted by Gasteiger charge is -2.26. The Bertz CT molecular complexity index is 1400. The van der Waals surface area contributed by atoms with Crippen LogP contribution in [0.4, 0.5) is 4.39 Å². The van der Waals surface area contributed by atoms with Gasteiger partial charge in [0.1, 0.15) is 11.5 Å². The van der Waals surface area contributed by atoms with Crippen molar-refractivity contribution in [1.29, 1.82) is 0 Å². The van der Waals surface area contributed by atoms with E-state index >= 15 is 4.39 Å². The molecule has 1 atom stereocenters. The smallest absolute Gasteiger partial charge is 0.369 e. The molecular formula is C29H34FO9PS. The van der Waals surface area contributed by atoms with Gasteiger partial charge >= 0.3 is 25.5 Å². The minimum atomic E-state index is -4.54. The summed E-state index contributed by atoms with van der Waals surface area (Å²) in [6.45, 7) is 5.20. The lowest BCUT2D eigenvalue weighted by Crippen LogP contribution is -2.26. The monoisotopic (exact) mass is 608 g/mol. The van der Waals surface area contributed by atoms with E-state index < -0.39 is 42.2 Å². The Labute approximate surface area is 241 Å². The molecule has 3 rings (SSSR count). The normalized spacial score (nSPS) is 13.2. The summed E-state index contributed by atoms with van der Waals surface area (Å²) in [6.07, 6.45) is -0.137. The number of thiophene rings is 1. The van der Waals surface area contributed by atoms with Crippen molar-refractivity contribution in [2.75, 3.05) is 13.2 Å².